The maximum Gasteiger partial charge on any atom is 0.0462 e. The standard InChI is InChI=1S/CHN.CH4.H3N/c1-2;;/h1H;1H4;1H3. The van der Waals surface area contributed by atoms with Crippen molar-refractivity contribution >= 4 is 0 Å². The Hall–Kier alpha value is -0.550. The van der Waals surface area contributed by atoms with Crippen LogP contribution in [0.4, 0.5) is 0 Å². The van der Waals surface area contributed by atoms with E-state index in [1.54, 1.807) is 0 Å². The van der Waals surface area contributed by atoms with Gasteiger partial charge in [-0.15, -0.1) is 0 Å². The van der Waals surface area contributed by atoms with Crippen LogP contribution < -0.4 is 6.15 Å². The van der Waals surface area contributed by atoms with Crippen LogP contribution in [0.3, 0.4) is 0 Å². The highest BCUT2D eigenvalue weighted by atomic mass is 14.2. The topological polar surface area (TPSA) is 58.8 Å². The molecule has 0 unspecified atom stereocenters. The molecule has 0 aromatic carbocycles. The molecule has 0 aliphatic heterocycles. The first-order valence-electron chi connectivity index (χ1n) is 0.258. The minimum atomic E-state index is 0. The van der Waals surface area contributed by atoms with Crippen LogP contribution in [0, 0.1) is 11.8 Å². The predicted molar refractivity (Wildman–Crippen MR) is 18.4 cm³/mol. The first-order chi connectivity index (χ1) is 1.00. The smallest absolute Gasteiger partial charge is 0.0462 e. The van der Waals surface area contributed by atoms with Gasteiger partial charge in [0.25, 0.3) is 0 Å². The third-order valence-corrected chi connectivity index (χ3v) is 0. The lowest BCUT2D eigenvalue weighted by Gasteiger charge is -0.668. The van der Waals surface area contributed by atoms with E-state index in [1.807, 2.05) is 0 Å². The highest BCUT2D eigenvalue weighted by Gasteiger charge is 0.513. The van der Waals surface area contributed by atoms with Crippen LogP contribution in [-0.2, 0) is 0 Å². The molecule has 0 aromatic heterocycles. The molecule has 0 saturated carbocycles. The van der Waals surface area contributed by atoms with Crippen molar-refractivity contribution in [3.63, 3.8) is 0 Å². The summed E-state index contributed by atoms with van der Waals surface area (Å²) < 4.78 is 0. The first kappa shape index (κ1) is 102. The van der Waals surface area contributed by atoms with E-state index in [0.717, 1.165) is 0 Å². The van der Waals surface area contributed by atoms with Crippen molar-refractivity contribution in [3.05, 3.63) is 0 Å². The summed E-state index contributed by atoms with van der Waals surface area (Å²) in [6, 6.07) is 0. The predicted octanol–water partition coefficient (Wildman–Crippen LogP) is 0.938. The molecule has 4 heavy (non-hydrogen) atoms. The van der Waals surface area contributed by atoms with Crippen LogP contribution in [0.25, 0.3) is 0 Å². The number of rotatable bonds is 0. The van der Waals surface area contributed by atoms with E-state index in [9.17, 15) is 0 Å². The lowest BCUT2D eigenvalue weighted by atomic mass is 11.9. The molecule has 0 aliphatic rings. The molecule has 26 valence electrons. The number of nitrogens with zero attached hydrogens (tertiary/aromatic N) is 1. The molecule has 0 saturated heterocycles. The lowest BCUT2D eigenvalue weighted by Crippen LogP contribution is -0.569. The summed E-state index contributed by atoms with van der Waals surface area (Å²) in [4.78, 5) is 0. The molecular formula is C2H8N2. The summed E-state index contributed by atoms with van der Waals surface area (Å²) >= 11 is 0. The molecule has 0 spiro atoms. The zero-order chi connectivity index (χ0) is 2.00. The van der Waals surface area contributed by atoms with Gasteiger partial charge in [0.2, 0.25) is 0 Å². The van der Waals surface area contributed by atoms with Gasteiger partial charge in [0.1, 0.15) is 0 Å². The van der Waals surface area contributed by atoms with E-state index in [-0.39, 0.29) is 13.6 Å². The van der Waals surface area contributed by atoms with Gasteiger partial charge >= 0.3 is 0 Å². The quantitative estimate of drug-likeness (QED) is 0.452. The Morgan fingerprint density at radius 2 is 1.25 bits per heavy atom. The highest BCUT2D eigenvalue weighted by molar-refractivity contribution is 4.03. The molecule has 0 bridgehead atoms. The van der Waals surface area contributed by atoms with E-state index in [2.05, 4.69) is 6.57 Å². The van der Waals surface area contributed by atoms with Crippen molar-refractivity contribution < 1.29 is 0 Å². The molecule has 2 heteroatoms. The Morgan fingerprint density at radius 1 is 1.25 bits per heavy atom. The van der Waals surface area contributed by atoms with Gasteiger partial charge in [-0.2, -0.15) is 0 Å². The van der Waals surface area contributed by atoms with Crippen LogP contribution >= 0.6 is 0 Å². The van der Waals surface area contributed by atoms with Crippen LogP contribution in [0.5, 0.6) is 0 Å². The largest absolute Gasteiger partial charge is 0.344 e. The normalized spacial score (nSPS) is 0.500. The highest BCUT2D eigenvalue weighted by Crippen LogP contribution is 0.586. The molecule has 0 aliphatic carbocycles. The Labute approximate surface area is 26.6 Å². The second-order valence-corrected chi connectivity index (χ2v) is 0. The first-order valence-corrected chi connectivity index (χ1v) is 0.258. The summed E-state index contributed by atoms with van der Waals surface area (Å²) in [6.45, 7) is 3.50. The van der Waals surface area contributed by atoms with Crippen molar-refractivity contribution in [3.8, 4) is 6.57 Å². The van der Waals surface area contributed by atoms with Gasteiger partial charge < -0.3 is 6.15 Å². The van der Waals surface area contributed by atoms with E-state index >= 15 is 0 Å². The van der Waals surface area contributed by atoms with Crippen molar-refractivity contribution in [2.75, 3.05) is 0 Å². The van der Waals surface area contributed by atoms with E-state index in [1.165, 1.54) is 0 Å². The fourth-order valence-corrected chi connectivity index (χ4v) is 0. The van der Waals surface area contributed by atoms with Gasteiger partial charge in [-0.25, -0.2) is 5.26 Å². The Morgan fingerprint density at radius 3 is 1.25 bits per heavy atom. The van der Waals surface area contributed by atoms with Crippen molar-refractivity contribution in [1.82, 2.24) is 6.15 Å². The van der Waals surface area contributed by atoms with E-state index < -0.39 is 0 Å². The maximum absolute atomic E-state index is 6.50. The zero-order valence-corrected chi connectivity index (χ0v) is 1.73. The van der Waals surface area contributed by atoms with Crippen LogP contribution in [0.1, 0.15) is 7.43 Å². The monoisotopic (exact) mass is 60.1 g/mol. The molecule has 0 atom stereocenters. The summed E-state index contributed by atoms with van der Waals surface area (Å²) in [5, 5.41) is 6.50. The van der Waals surface area contributed by atoms with Crippen molar-refractivity contribution in [2.24, 2.45) is 0 Å². The van der Waals surface area contributed by atoms with Crippen LogP contribution in [-0.4, -0.2) is 0 Å². The van der Waals surface area contributed by atoms with E-state index in [4.69, 9.17) is 5.26 Å². The molecule has 0 heterocycles. The zero-order valence-electron chi connectivity index (χ0n) is 1.73. The number of nitriles is 1. The Kier molecular flexibility index (Phi) is 435. The molecule has 0 fully saturated rings. The summed E-state index contributed by atoms with van der Waals surface area (Å²) in [5.41, 5.74) is 0. The van der Waals surface area contributed by atoms with Gasteiger partial charge in [0, 0.05) is 6.57 Å². The average Bonchev–Trinajstić information content (AvgIpc) is 1.00. The van der Waals surface area contributed by atoms with Gasteiger partial charge in [-0.1, -0.05) is 7.43 Å². The van der Waals surface area contributed by atoms with Gasteiger partial charge in [-0.3, -0.25) is 0 Å². The third kappa shape index (κ3) is 0.971. The maximum atomic E-state index is 6.50. The number of hydrogen-bond acceptors (Lipinski definition) is 2. The summed E-state index contributed by atoms with van der Waals surface area (Å²) in [7, 11) is 0. The van der Waals surface area contributed by atoms with Crippen molar-refractivity contribution in [1.29, 1.82) is 5.26 Å². The van der Waals surface area contributed by atoms with Gasteiger partial charge in [0.05, 0.1) is 0 Å². The SMILES string of the molecule is C.C#N.N. The fourth-order valence-electron chi connectivity index (χ4n) is 0. The Bertz CT molecular complexity index is 8.75. The summed E-state index contributed by atoms with van der Waals surface area (Å²) in [6.07, 6.45) is 0. The van der Waals surface area contributed by atoms with Crippen LogP contribution in [0.15, 0.2) is 0 Å². The molecule has 3 N–H and O–H groups in total. The lowest BCUT2D eigenvalue weighted by molar-refractivity contribution is 1.58. The number of hydrogen-bond donors (Lipinski definition) is 1. The molecule has 0 aromatic rings. The molecule has 2 nitrogen and oxygen atoms in total. The fraction of sp³-hybridized carbons (Fsp3) is 0.500. The average molecular weight is 60.1 g/mol. The molecule has 0 amide bonds. The van der Waals surface area contributed by atoms with Crippen molar-refractivity contribution in [2.45, 2.75) is 7.43 Å². The molecular weight excluding hydrogens is 52.0 g/mol. The van der Waals surface area contributed by atoms with Gasteiger partial charge in [-0.05, 0) is 0 Å². The minimum absolute atomic E-state index is 0. The van der Waals surface area contributed by atoms with E-state index in [0.29, 0.717) is 0 Å². The van der Waals surface area contributed by atoms with Crippen LogP contribution in [0.2, 0.25) is 0 Å². The minimum Gasteiger partial charge on any atom is -0.344 e. The van der Waals surface area contributed by atoms with Gasteiger partial charge in [0.15, 0.2) is 0 Å². The molecule has 0 rings (SSSR count). The third-order valence-electron chi connectivity index (χ3n) is 0. The molecule has 0 radical (unpaired) electrons. The summed E-state index contributed by atoms with van der Waals surface area (Å²) in [5.74, 6) is 0. The second kappa shape index (κ2) is 17.0. The second-order valence-electron chi connectivity index (χ2n) is 0. The Balaban J connectivity index is -0.00000000500.